The highest BCUT2D eigenvalue weighted by Crippen LogP contribution is 2.69. The van der Waals surface area contributed by atoms with Crippen molar-refractivity contribution in [2.45, 2.75) is 78.1 Å². The van der Waals surface area contributed by atoms with Crippen LogP contribution in [0.4, 0.5) is 0 Å². The summed E-state index contributed by atoms with van der Waals surface area (Å²) in [6.07, 6.45) is 14.5. The highest BCUT2D eigenvalue weighted by atomic mass is 16.1. The molecule has 182 valence electrons. The Bertz CT molecular complexity index is 966. The van der Waals surface area contributed by atoms with Crippen molar-refractivity contribution in [1.29, 1.82) is 10.5 Å². The Morgan fingerprint density at radius 2 is 1.71 bits per heavy atom. The van der Waals surface area contributed by atoms with E-state index in [1.807, 2.05) is 12.1 Å². The minimum Gasteiger partial charge on any atom is -0.390 e. The zero-order valence-electron chi connectivity index (χ0n) is 20.9. The average Bonchev–Trinajstić information content (AvgIpc) is 3.62. The highest BCUT2D eigenvalue weighted by Gasteiger charge is 2.63. The summed E-state index contributed by atoms with van der Waals surface area (Å²) >= 11 is 0. The molecule has 5 aliphatic carbocycles. The number of hydrogen-bond acceptors (Lipinski definition) is 5. The molecule has 5 nitrogen and oxygen atoms in total. The Morgan fingerprint density at radius 3 is 2.41 bits per heavy atom. The van der Waals surface area contributed by atoms with Gasteiger partial charge in [0.05, 0.1) is 6.54 Å². The third-order valence-corrected chi connectivity index (χ3v) is 10.8. The fourth-order valence-corrected chi connectivity index (χ4v) is 9.34. The minimum absolute atomic E-state index is 0.0269. The molecular formula is C29H40N4O. The van der Waals surface area contributed by atoms with Gasteiger partial charge in [0.1, 0.15) is 23.5 Å². The van der Waals surface area contributed by atoms with Crippen LogP contribution in [-0.4, -0.2) is 18.0 Å². The second-order valence-electron chi connectivity index (χ2n) is 12.6. The van der Waals surface area contributed by atoms with Crippen LogP contribution in [0.5, 0.6) is 0 Å². The number of fused-ring (bicyclic) bond motifs is 5. The van der Waals surface area contributed by atoms with Crippen molar-refractivity contribution in [2.24, 2.45) is 69.4 Å². The fraction of sp³-hybridized carbons (Fsp3) is 0.793. The maximum Gasteiger partial charge on any atom is 0.157 e. The van der Waals surface area contributed by atoms with Gasteiger partial charge in [-0.15, -0.1) is 0 Å². The summed E-state index contributed by atoms with van der Waals surface area (Å²) in [4.78, 5) is 17.8. The average molecular weight is 461 g/mol. The van der Waals surface area contributed by atoms with Crippen LogP contribution in [0, 0.1) is 81.3 Å². The molecule has 0 amide bonds. The van der Waals surface area contributed by atoms with Gasteiger partial charge >= 0.3 is 0 Å². The molecule has 0 aromatic heterocycles. The van der Waals surface area contributed by atoms with Crippen molar-refractivity contribution in [3.05, 3.63) is 11.8 Å². The lowest BCUT2D eigenvalue weighted by molar-refractivity contribution is -0.129. The van der Waals surface area contributed by atoms with Gasteiger partial charge in [-0.3, -0.25) is 9.79 Å². The van der Waals surface area contributed by atoms with Crippen LogP contribution in [0.1, 0.15) is 78.1 Å². The number of carbonyl (C=O) groups excluding carboxylic acids is 1. The number of aliphatic imine (C=N–C) groups is 1. The number of nitrogens with two attached hydrogens (primary N) is 1. The van der Waals surface area contributed by atoms with Gasteiger partial charge in [-0.1, -0.05) is 20.3 Å². The Kier molecular flexibility index (Phi) is 6.34. The topological polar surface area (TPSA) is 103 Å². The van der Waals surface area contributed by atoms with Crippen LogP contribution in [0.25, 0.3) is 0 Å². The zero-order valence-corrected chi connectivity index (χ0v) is 20.9. The number of nitrogens with zero attached hydrogens (tertiary/aromatic N) is 3. The molecule has 0 aromatic carbocycles. The van der Waals surface area contributed by atoms with Gasteiger partial charge < -0.3 is 5.73 Å². The maximum atomic E-state index is 13.6. The van der Waals surface area contributed by atoms with Crippen LogP contribution in [0.15, 0.2) is 16.8 Å². The predicted octanol–water partition coefficient (Wildman–Crippen LogP) is 5.43. The van der Waals surface area contributed by atoms with Crippen molar-refractivity contribution in [3.63, 3.8) is 0 Å². The first-order chi connectivity index (χ1) is 16.4. The fourth-order valence-electron chi connectivity index (χ4n) is 9.34. The summed E-state index contributed by atoms with van der Waals surface area (Å²) in [5.41, 5.74) is 5.63. The van der Waals surface area contributed by atoms with E-state index in [-0.39, 0.29) is 35.1 Å². The quantitative estimate of drug-likeness (QED) is 0.436. The van der Waals surface area contributed by atoms with Crippen molar-refractivity contribution in [2.75, 3.05) is 6.54 Å². The molecule has 5 heteroatoms. The van der Waals surface area contributed by atoms with E-state index in [2.05, 4.69) is 18.8 Å². The number of allylic oxidation sites excluding steroid dienone is 2. The van der Waals surface area contributed by atoms with Crippen molar-refractivity contribution in [3.8, 4) is 12.1 Å². The van der Waals surface area contributed by atoms with Crippen LogP contribution in [-0.2, 0) is 4.79 Å². The normalized spacial score (nSPS) is 44.2. The highest BCUT2D eigenvalue weighted by molar-refractivity contribution is 6.08. The van der Waals surface area contributed by atoms with Crippen LogP contribution in [0.3, 0.4) is 0 Å². The summed E-state index contributed by atoms with van der Waals surface area (Å²) in [6.45, 7) is 4.90. The molecule has 0 radical (unpaired) electrons. The standard InChI is InChI=1S/C29H40N4O/c1-17-3-7-22-19(11-17)6-8-24-23(22)9-10-29(2)26(13-25(28(24)29)18-4-5-18)27(34)16-33-21(15-31)12-20(32)14-30/h12,17-19,22-26,28H,3-11,13,16,32H2,1-2H3. The van der Waals surface area contributed by atoms with Crippen molar-refractivity contribution in [1.82, 2.24) is 0 Å². The predicted molar refractivity (Wildman–Crippen MR) is 132 cm³/mol. The van der Waals surface area contributed by atoms with Crippen LogP contribution in [0.2, 0.25) is 0 Å². The molecule has 0 aromatic rings. The molecule has 9 atom stereocenters. The SMILES string of the molecule is CC1CCC2C(CCC3C2CCC2(C)C(C(=O)CN=C(C#N)C=C(N)C#N)CC(C4CC4)C32)C1. The third-order valence-electron chi connectivity index (χ3n) is 10.8. The van der Waals surface area contributed by atoms with Crippen LogP contribution >= 0.6 is 0 Å². The van der Waals surface area contributed by atoms with E-state index >= 15 is 0 Å². The summed E-state index contributed by atoms with van der Waals surface area (Å²) in [5, 5.41) is 18.2. The number of ketones is 1. The van der Waals surface area contributed by atoms with Gasteiger partial charge in [-0.2, -0.15) is 10.5 Å². The number of carbonyl (C=O) groups is 1. The van der Waals surface area contributed by atoms with Gasteiger partial charge in [-0.05, 0) is 111 Å². The molecule has 34 heavy (non-hydrogen) atoms. The largest absolute Gasteiger partial charge is 0.390 e. The maximum absolute atomic E-state index is 13.6. The van der Waals surface area contributed by atoms with E-state index < -0.39 is 0 Å². The molecule has 5 rings (SSSR count). The van der Waals surface area contributed by atoms with Gasteiger partial charge in [0.15, 0.2) is 5.78 Å². The van der Waals surface area contributed by atoms with Crippen LogP contribution < -0.4 is 5.73 Å². The van der Waals surface area contributed by atoms with Gasteiger partial charge in [0, 0.05) is 12.0 Å². The third kappa shape index (κ3) is 4.10. The number of nitriles is 2. The number of hydrogen-bond donors (Lipinski definition) is 1. The van der Waals surface area contributed by atoms with Gasteiger partial charge in [0.2, 0.25) is 0 Å². The lowest BCUT2D eigenvalue weighted by atomic mass is 9.48. The molecule has 9 unspecified atom stereocenters. The summed E-state index contributed by atoms with van der Waals surface area (Å²) < 4.78 is 0. The lowest BCUT2D eigenvalue weighted by Crippen LogP contribution is -2.50. The molecule has 0 spiro atoms. The van der Waals surface area contributed by atoms with Crippen molar-refractivity contribution >= 4 is 11.5 Å². The Hall–Kier alpha value is -2.14. The first-order valence-corrected chi connectivity index (χ1v) is 13.7. The molecule has 2 N–H and O–H groups in total. The molecule has 5 fully saturated rings. The molecule has 5 saturated carbocycles. The van der Waals surface area contributed by atoms with Gasteiger partial charge in [0.25, 0.3) is 0 Å². The molecular weight excluding hydrogens is 420 g/mol. The van der Waals surface area contributed by atoms with E-state index in [0.29, 0.717) is 11.8 Å². The molecule has 0 saturated heterocycles. The Labute approximate surface area is 204 Å². The Morgan fingerprint density at radius 1 is 0.971 bits per heavy atom. The first-order valence-electron chi connectivity index (χ1n) is 13.7. The number of rotatable bonds is 5. The molecule has 0 bridgehead atoms. The van der Waals surface area contributed by atoms with E-state index in [4.69, 9.17) is 11.0 Å². The second-order valence-corrected chi connectivity index (χ2v) is 12.6. The Balaban J connectivity index is 1.37. The zero-order chi connectivity index (χ0) is 24.0. The smallest absolute Gasteiger partial charge is 0.157 e. The van der Waals surface area contributed by atoms with E-state index in [1.165, 1.54) is 63.9 Å². The first kappa shape index (κ1) is 23.6. The molecule has 0 aliphatic heterocycles. The molecule has 5 aliphatic rings. The number of Topliss-reactive ketones (excluding diaryl/α,β-unsaturated/α-hetero) is 1. The summed E-state index contributed by atoms with van der Waals surface area (Å²) in [6, 6.07) is 3.78. The van der Waals surface area contributed by atoms with E-state index in [9.17, 15) is 10.1 Å². The summed E-state index contributed by atoms with van der Waals surface area (Å²) in [7, 11) is 0. The monoisotopic (exact) mass is 460 g/mol. The van der Waals surface area contributed by atoms with Gasteiger partial charge in [-0.25, -0.2) is 0 Å². The minimum atomic E-state index is -0.0551. The molecule has 0 heterocycles. The van der Waals surface area contributed by atoms with E-state index in [0.717, 1.165) is 41.9 Å². The summed E-state index contributed by atoms with van der Waals surface area (Å²) in [5.74, 6) is 6.88. The van der Waals surface area contributed by atoms with Crippen molar-refractivity contribution < 1.29 is 4.79 Å². The van der Waals surface area contributed by atoms with E-state index in [1.54, 1.807) is 0 Å². The second kappa shape index (κ2) is 9.14. The lowest BCUT2D eigenvalue weighted by Gasteiger charge is -2.57.